The van der Waals surface area contributed by atoms with Crippen molar-refractivity contribution in [2.45, 2.75) is 58.5 Å². The quantitative estimate of drug-likeness (QED) is 0.604. The number of ether oxygens (including phenoxy) is 1. The van der Waals surface area contributed by atoms with Gasteiger partial charge in [0, 0.05) is 12.3 Å². The first-order valence-corrected chi connectivity index (χ1v) is 11.6. The van der Waals surface area contributed by atoms with Gasteiger partial charge >= 0.3 is 5.97 Å². The van der Waals surface area contributed by atoms with Gasteiger partial charge < -0.3 is 9.64 Å². The van der Waals surface area contributed by atoms with Gasteiger partial charge in [0.25, 0.3) is 0 Å². The van der Waals surface area contributed by atoms with E-state index in [0.29, 0.717) is 5.92 Å². The van der Waals surface area contributed by atoms with Crippen molar-refractivity contribution in [1.82, 2.24) is 0 Å². The zero-order chi connectivity index (χ0) is 20.9. The van der Waals surface area contributed by atoms with Crippen LogP contribution in [0.5, 0.6) is 0 Å². The lowest BCUT2D eigenvalue weighted by molar-refractivity contribution is -0.897. The molecule has 3 nitrogen and oxygen atoms in total. The second-order valence-corrected chi connectivity index (χ2v) is 10.2. The van der Waals surface area contributed by atoms with Gasteiger partial charge in [0.1, 0.15) is 17.8 Å². The Morgan fingerprint density at radius 2 is 2.03 bits per heavy atom. The molecule has 1 saturated carbocycles. The third-order valence-corrected chi connectivity index (χ3v) is 8.29. The summed E-state index contributed by atoms with van der Waals surface area (Å²) in [6.07, 6.45) is 9.13. The highest BCUT2D eigenvalue weighted by Crippen LogP contribution is 2.54. The Labute approximate surface area is 179 Å². The molecule has 0 spiro atoms. The van der Waals surface area contributed by atoms with Crippen LogP contribution in [0.1, 0.15) is 57.9 Å². The van der Waals surface area contributed by atoms with Crippen molar-refractivity contribution in [2.24, 2.45) is 17.3 Å². The molecule has 4 heteroatoms. The predicted octanol–water partition coefficient (Wildman–Crippen LogP) is 3.96. The number of nitrogens with one attached hydrogen (secondary N) is 1. The number of carbonyl (C=O) groups is 1. The maximum Gasteiger partial charge on any atom is 0.315 e. The minimum Gasteiger partial charge on any atom is -0.462 e. The molecule has 0 amide bonds. The molecular weight excluding hydrogens is 377 g/mol. The highest BCUT2D eigenvalue weighted by Gasteiger charge is 2.54. The number of rotatable bonds is 3. The topological polar surface area (TPSA) is 30.7 Å². The normalized spacial score (nSPS) is 36.1. The first kappa shape index (κ1) is 20.0. The van der Waals surface area contributed by atoms with Gasteiger partial charge in [-0.15, -0.1) is 0 Å². The van der Waals surface area contributed by atoms with E-state index in [0.717, 1.165) is 44.5 Å². The zero-order valence-corrected chi connectivity index (χ0v) is 18.2. The molecule has 5 rings (SSSR count). The monoisotopic (exact) mass is 410 g/mol. The average molecular weight is 411 g/mol. The molecule has 4 aliphatic rings. The molecule has 0 bridgehead atoms. The van der Waals surface area contributed by atoms with Gasteiger partial charge in [-0.1, -0.05) is 30.2 Å². The van der Waals surface area contributed by atoms with Crippen molar-refractivity contribution in [3.05, 3.63) is 52.9 Å². The number of hydrogen-bond acceptors (Lipinski definition) is 2. The molecule has 1 aromatic carbocycles. The van der Waals surface area contributed by atoms with Crippen LogP contribution >= 0.6 is 0 Å². The Morgan fingerprint density at radius 3 is 2.77 bits per heavy atom. The highest BCUT2D eigenvalue weighted by molar-refractivity contribution is 5.75. The molecule has 30 heavy (non-hydrogen) atoms. The molecule has 1 saturated heterocycles. The fraction of sp³-hybridized carbons (Fsp3) is 0.577. The van der Waals surface area contributed by atoms with Gasteiger partial charge in [0.15, 0.2) is 0 Å². The summed E-state index contributed by atoms with van der Waals surface area (Å²) in [6.45, 7) is 7.50. The average Bonchev–Trinajstić information content (AvgIpc) is 3.01. The minimum absolute atomic E-state index is 0.0255. The molecule has 2 aliphatic carbocycles. The largest absolute Gasteiger partial charge is 0.462 e. The fourth-order valence-corrected chi connectivity index (χ4v) is 6.55. The maximum absolute atomic E-state index is 13.2. The van der Waals surface area contributed by atoms with Crippen LogP contribution in [-0.4, -0.2) is 31.7 Å². The molecule has 0 aromatic heterocycles. The van der Waals surface area contributed by atoms with Crippen molar-refractivity contribution < 1.29 is 18.8 Å². The number of quaternary nitrogens is 1. The first-order chi connectivity index (χ1) is 14.4. The van der Waals surface area contributed by atoms with E-state index in [4.69, 9.17) is 4.74 Å². The van der Waals surface area contributed by atoms with Crippen molar-refractivity contribution in [3.8, 4) is 0 Å². The van der Waals surface area contributed by atoms with E-state index in [2.05, 4.69) is 19.9 Å². The molecule has 0 radical (unpaired) electrons. The van der Waals surface area contributed by atoms with Crippen LogP contribution < -0.4 is 4.90 Å². The number of benzene rings is 1. The summed E-state index contributed by atoms with van der Waals surface area (Å²) in [5.41, 5.74) is 5.84. The maximum atomic E-state index is 13.2. The first-order valence-electron chi connectivity index (χ1n) is 11.6. The van der Waals surface area contributed by atoms with Crippen LogP contribution in [-0.2, 0) is 9.53 Å². The third-order valence-electron chi connectivity index (χ3n) is 8.29. The smallest absolute Gasteiger partial charge is 0.315 e. The van der Waals surface area contributed by atoms with E-state index in [1.54, 1.807) is 11.1 Å². The van der Waals surface area contributed by atoms with Gasteiger partial charge in [0.05, 0.1) is 19.6 Å². The Hall–Kier alpha value is -1.94. The van der Waals surface area contributed by atoms with Gasteiger partial charge in [-0.05, 0) is 73.8 Å². The number of esters is 1. The van der Waals surface area contributed by atoms with E-state index in [9.17, 15) is 9.18 Å². The Kier molecular flexibility index (Phi) is 5.09. The SMILES string of the molecule is CC1=C2C[C@H]3[C@@H](C[C@@]2(C)CCC1)OC(=O)[C@@H]3C[NH+]1CC=C(c2ccc(F)cc2)CC1. The summed E-state index contributed by atoms with van der Waals surface area (Å²) in [5.74, 6) is 0.219. The number of hydrogen-bond donors (Lipinski definition) is 1. The second kappa shape index (κ2) is 7.64. The van der Waals surface area contributed by atoms with E-state index in [1.165, 1.54) is 41.9 Å². The summed E-state index contributed by atoms with van der Waals surface area (Å²) < 4.78 is 19.1. The zero-order valence-electron chi connectivity index (χ0n) is 18.2. The molecule has 5 atom stereocenters. The lowest BCUT2D eigenvalue weighted by atomic mass is 9.59. The van der Waals surface area contributed by atoms with Crippen molar-refractivity contribution >= 4 is 11.5 Å². The molecule has 1 N–H and O–H groups in total. The van der Waals surface area contributed by atoms with Gasteiger partial charge in [-0.3, -0.25) is 4.79 Å². The molecule has 2 aliphatic heterocycles. The van der Waals surface area contributed by atoms with E-state index >= 15 is 0 Å². The molecule has 160 valence electrons. The summed E-state index contributed by atoms with van der Waals surface area (Å²) >= 11 is 0. The highest BCUT2D eigenvalue weighted by atomic mass is 19.1. The summed E-state index contributed by atoms with van der Waals surface area (Å²) in [7, 11) is 0. The summed E-state index contributed by atoms with van der Waals surface area (Å²) in [5, 5.41) is 0. The van der Waals surface area contributed by atoms with Crippen LogP contribution in [0.15, 0.2) is 41.5 Å². The van der Waals surface area contributed by atoms with Crippen LogP contribution in [0, 0.1) is 23.1 Å². The lowest BCUT2D eigenvalue weighted by Crippen LogP contribution is -3.13. The van der Waals surface area contributed by atoms with Crippen molar-refractivity contribution in [2.75, 3.05) is 19.6 Å². The second-order valence-electron chi connectivity index (χ2n) is 10.2. The van der Waals surface area contributed by atoms with Gasteiger partial charge in [-0.25, -0.2) is 4.39 Å². The number of halogens is 1. The molecular formula is C26H33FNO2+. The van der Waals surface area contributed by atoms with Crippen LogP contribution in [0.4, 0.5) is 4.39 Å². The Morgan fingerprint density at radius 1 is 1.23 bits per heavy atom. The van der Waals surface area contributed by atoms with Crippen molar-refractivity contribution in [1.29, 1.82) is 0 Å². The molecule has 1 unspecified atom stereocenters. The van der Waals surface area contributed by atoms with Gasteiger partial charge in [-0.2, -0.15) is 0 Å². The number of carbonyl (C=O) groups excluding carboxylic acids is 1. The molecule has 2 fully saturated rings. The lowest BCUT2D eigenvalue weighted by Gasteiger charge is -2.45. The minimum atomic E-state index is -0.191. The fourth-order valence-electron chi connectivity index (χ4n) is 6.55. The Bertz CT molecular complexity index is 902. The van der Waals surface area contributed by atoms with Crippen LogP contribution in [0.25, 0.3) is 5.57 Å². The van der Waals surface area contributed by atoms with E-state index in [1.807, 2.05) is 12.1 Å². The summed E-state index contributed by atoms with van der Waals surface area (Å²) in [6, 6.07) is 6.79. The third kappa shape index (κ3) is 3.53. The predicted molar refractivity (Wildman–Crippen MR) is 115 cm³/mol. The van der Waals surface area contributed by atoms with Crippen LogP contribution in [0.3, 0.4) is 0 Å². The van der Waals surface area contributed by atoms with Gasteiger partial charge in [0.2, 0.25) is 0 Å². The van der Waals surface area contributed by atoms with E-state index in [-0.39, 0.29) is 29.2 Å². The summed E-state index contributed by atoms with van der Waals surface area (Å²) in [4.78, 5) is 14.3. The standard InChI is InChI=1S/C26H32FNO2/c1-17-4-3-11-26(2)15-24-21(14-23(17)26)22(25(29)30-24)16-28-12-9-19(10-13-28)18-5-7-20(27)8-6-18/h5-9,21-22,24H,3-4,10-16H2,1-2H3/p+1/t21-,22-,24-,26-/m1/s1. The van der Waals surface area contributed by atoms with Crippen LogP contribution in [0.2, 0.25) is 0 Å². The number of allylic oxidation sites excluding steroid dienone is 2. The number of fused-ring (bicyclic) bond motifs is 2. The molecule has 1 aromatic rings. The molecule has 2 heterocycles. The Balaban J connectivity index is 1.28. The van der Waals surface area contributed by atoms with Crippen molar-refractivity contribution in [3.63, 3.8) is 0 Å². The van der Waals surface area contributed by atoms with E-state index < -0.39 is 0 Å².